The van der Waals surface area contributed by atoms with E-state index in [2.05, 4.69) is 41.5 Å². The molecule has 1 rings (SSSR count). The topological polar surface area (TPSA) is 12.5 Å². The molecular weight excluding hydrogens is 176 g/mol. The molecule has 1 aliphatic rings. The molecule has 1 nitrogen and oxygen atoms in total. The quantitative estimate of drug-likeness (QED) is 0.500. The predicted octanol–water partition coefficient (Wildman–Crippen LogP) is 3.60. The highest BCUT2D eigenvalue weighted by molar-refractivity contribution is 6.85. The van der Waals surface area contributed by atoms with Gasteiger partial charge in [-0.2, -0.15) is 0 Å². The van der Waals surface area contributed by atoms with Gasteiger partial charge in [0.05, 0.1) is 21.8 Å². The van der Waals surface area contributed by atoms with Crippen molar-refractivity contribution in [1.29, 1.82) is 0 Å². The summed E-state index contributed by atoms with van der Waals surface area (Å²) in [5.74, 6) is 0. The molecule has 0 spiro atoms. The standard InChI is InChI=1S/C11H24OSi/c1-8(2)13(9(3)4,10(5)6)11-7-12-11/h8-11H,7H2,1-6H3/i11D. The molecule has 78 valence electrons. The molecule has 1 fully saturated rings. The number of ether oxygens (including phenoxy) is 1. The van der Waals surface area contributed by atoms with Crippen molar-refractivity contribution in [1.82, 2.24) is 0 Å². The summed E-state index contributed by atoms with van der Waals surface area (Å²) in [7, 11) is -1.67. The Bertz CT molecular complexity index is 188. The van der Waals surface area contributed by atoms with E-state index in [0.717, 1.165) is 0 Å². The monoisotopic (exact) mass is 201 g/mol. The van der Waals surface area contributed by atoms with E-state index >= 15 is 0 Å². The van der Waals surface area contributed by atoms with E-state index in [0.29, 0.717) is 23.2 Å². The maximum Gasteiger partial charge on any atom is 0.0982 e. The van der Waals surface area contributed by atoms with Crippen molar-refractivity contribution in [3.05, 3.63) is 0 Å². The number of epoxide rings is 1. The van der Waals surface area contributed by atoms with Crippen molar-refractivity contribution in [2.75, 3.05) is 6.61 Å². The SMILES string of the molecule is [2H]C1([Si](C(C)C)(C(C)C)C(C)C)CO1. The second-order valence-electron chi connectivity index (χ2n) is 5.11. The molecular formula is C11H24OSi. The van der Waals surface area contributed by atoms with Crippen LogP contribution in [0.3, 0.4) is 0 Å². The Kier molecular flexibility index (Phi) is 2.79. The van der Waals surface area contributed by atoms with Gasteiger partial charge < -0.3 is 4.74 Å². The van der Waals surface area contributed by atoms with Gasteiger partial charge in [-0.3, -0.25) is 0 Å². The fourth-order valence-electron chi connectivity index (χ4n) is 3.25. The molecule has 0 aromatic heterocycles. The third kappa shape index (κ3) is 1.71. The highest BCUT2D eigenvalue weighted by Crippen LogP contribution is 2.48. The maximum atomic E-state index is 8.38. The first-order chi connectivity index (χ1) is 6.29. The first-order valence-electron chi connectivity index (χ1n) is 5.93. The Morgan fingerprint density at radius 2 is 1.38 bits per heavy atom. The molecule has 0 saturated carbocycles. The maximum absolute atomic E-state index is 8.38. The van der Waals surface area contributed by atoms with Crippen LogP contribution in [-0.4, -0.2) is 20.4 Å². The Balaban J connectivity index is 3.09. The van der Waals surface area contributed by atoms with Crippen molar-refractivity contribution in [2.24, 2.45) is 0 Å². The second-order valence-corrected chi connectivity index (χ2v) is 11.0. The molecule has 1 heterocycles. The predicted molar refractivity (Wildman–Crippen MR) is 60.8 cm³/mol. The van der Waals surface area contributed by atoms with Gasteiger partial charge in [-0.05, 0) is 16.6 Å². The van der Waals surface area contributed by atoms with Gasteiger partial charge in [-0.15, -0.1) is 0 Å². The van der Waals surface area contributed by atoms with Crippen molar-refractivity contribution in [3.8, 4) is 0 Å². The average Bonchev–Trinajstić information content (AvgIpc) is 2.66. The van der Waals surface area contributed by atoms with E-state index in [9.17, 15) is 0 Å². The van der Waals surface area contributed by atoms with Gasteiger partial charge in [0, 0.05) is 0 Å². The van der Waals surface area contributed by atoms with Gasteiger partial charge in [0.2, 0.25) is 0 Å². The molecule has 0 amide bonds. The lowest BCUT2D eigenvalue weighted by molar-refractivity contribution is 0.441. The minimum absolute atomic E-state index is 0.483. The van der Waals surface area contributed by atoms with Crippen LogP contribution in [0.15, 0.2) is 0 Å². The molecule has 1 unspecified atom stereocenters. The van der Waals surface area contributed by atoms with E-state index in [4.69, 9.17) is 6.11 Å². The summed E-state index contributed by atoms with van der Waals surface area (Å²) in [5, 5.41) is 0. The Labute approximate surface area is 85.3 Å². The van der Waals surface area contributed by atoms with Crippen LogP contribution in [0.5, 0.6) is 0 Å². The lowest BCUT2D eigenvalue weighted by Crippen LogP contribution is -2.50. The third-order valence-electron chi connectivity index (χ3n) is 3.64. The van der Waals surface area contributed by atoms with Crippen molar-refractivity contribution >= 4 is 8.07 Å². The number of hydrogen-bond donors (Lipinski definition) is 0. The highest BCUT2D eigenvalue weighted by Gasteiger charge is 2.54. The van der Waals surface area contributed by atoms with Gasteiger partial charge >= 0.3 is 0 Å². The smallest absolute Gasteiger partial charge is 0.0982 e. The molecule has 1 aliphatic heterocycles. The van der Waals surface area contributed by atoms with Gasteiger partial charge in [0.25, 0.3) is 0 Å². The van der Waals surface area contributed by atoms with Crippen LogP contribution in [0, 0.1) is 0 Å². The molecule has 1 saturated heterocycles. The zero-order chi connectivity index (χ0) is 11.1. The van der Waals surface area contributed by atoms with E-state index < -0.39 is 13.8 Å². The van der Waals surface area contributed by atoms with Crippen LogP contribution in [0.4, 0.5) is 0 Å². The Morgan fingerprint density at radius 1 is 1.08 bits per heavy atom. The summed E-state index contributed by atoms with van der Waals surface area (Å²) in [6.07, 6.45) is 0. The van der Waals surface area contributed by atoms with Gasteiger partial charge in [-0.1, -0.05) is 41.5 Å². The fourth-order valence-corrected chi connectivity index (χ4v) is 9.76. The zero-order valence-electron chi connectivity index (χ0n) is 10.8. The molecule has 0 aromatic rings. The lowest BCUT2D eigenvalue weighted by Gasteiger charge is -2.41. The Hall–Kier alpha value is 0.177. The summed E-state index contributed by atoms with van der Waals surface area (Å²) >= 11 is 0. The Morgan fingerprint density at radius 3 is 1.46 bits per heavy atom. The molecule has 0 aliphatic carbocycles. The molecule has 0 radical (unpaired) electrons. The average molecular weight is 201 g/mol. The van der Waals surface area contributed by atoms with Crippen LogP contribution in [0.2, 0.25) is 16.6 Å². The van der Waals surface area contributed by atoms with E-state index in [-0.39, 0.29) is 0 Å². The summed E-state index contributed by atoms with van der Waals surface area (Å²) < 4.78 is 13.9. The second kappa shape index (κ2) is 3.74. The molecule has 0 bridgehead atoms. The molecule has 2 heteroatoms. The fraction of sp³-hybridized carbons (Fsp3) is 1.00. The molecule has 0 aromatic carbocycles. The van der Waals surface area contributed by atoms with Gasteiger partial charge in [0.15, 0.2) is 0 Å². The van der Waals surface area contributed by atoms with Crippen molar-refractivity contribution in [2.45, 2.75) is 63.9 Å². The van der Waals surface area contributed by atoms with Gasteiger partial charge in [-0.25, -0.2) is 0 Å². The molecule has 13 heavy (non-hydrogen) atoms. The largest absolute Gasteiger partial charge is 0.377 e. The van der Waals surface area contributed by atoms with Crippen LogP contribution < -0.4 is 0 Å². The highest BCUT2D eigenvalue weighted by atomic mass is 28.3. The van der Waals surface area contributed by atoms with E-state index in [1.165, 1.54) is 0 Å². The minimum Gasteiger partial charge on any atom is -0.377 e. The normalized spacial score (nSPS) is 30.1. The van der Waals surface area contributed by atoms with Gasteiger partial charge in [0.1, 0.15) is 0 Å². The lowest BCUT2D eigenvalue weighted by atomic mass is 10.5. The first kappa shape index (κ1) is 9.72. The first-order valence-corrected chi connectivity index (χ1v) is 7.66. The molecule has 0 N–H and O–H groups in total. The van der Waals surface area contributed by atoms with Crippen molar-refractivity contribution < 1.29 is 6.11 Å². The summed E-state index contributed by atoms with van der Waals surface area (Å²) in [6, 6.07) is 0. The van der Waals surface area contributed by atoms with Crippen LogP contribution in [0.1, 0.15) is 42.9 Å². The van der Waals surface area contributed by atoms with Crippen molar-refractivity contribution in [3.63, 3.8) is 0 Å². The number of hydrogen-bond acceptors (Lipinski definition) is 1. The van der Waals surface area contributed by atoms with E-state index in [1.807, 2.05) is 0 Å². The number of rotatable bonds is 4. The summed E-state index contributed by atoms with van der Waals surface area (Å²) in [6.45, 7) is 14.4. The van der Waals surface area contributed by atoms with Crippen LogP contribution in [-0.2, 0) is 4.74 Å². The third-order valence-corrected chi connectivity index (χ3v) is 10.6. The van der Waals surface area contributed by atoms with Crippen LogP contribution in [0.25, 0.3) is 0 Å². The van der Waals surface area contributed by atoms with E-state index in [1.54, 1.807) is 0 Å². The minimum atomic E-state index is -1.67. The zero-order valence-corrected chi connectivity index (χ0v) is 10.8. The van der Waals surface area contributed by atoms with Crippen LogP contribution >= 0.6 is 0 Å². The molecule has 1 atom stereocenters. The summed E-state index contributed by atoms with van der Waals surface area (Å²) in [4.78, 5) is 0. The summed E-state index contributed by atoms with van der Waals surface area (Å²) in [5.41, 5.74) is 1.40.